The van der Waals surface area contributed by atoms with Crippen molar-refractivity contribution >= 4 is 16.0 Å². The van der Waals surface area contributed by atoms with E-state index in [9.17, 15) is 13.2 Å². The van der Waals surface area contributed by atoms with Gasteiger partial charge in [0, 0.05) is 0 Å². The molecule has 0 aliphatic carbocycles. The number of likely N-dealkylation sites (tertiary alicyclic amines) is 1. The summed E-state index contributed by atoms with van der Waals surface area (Å²) in [5, 5.41) is 0. The quantitative estimate of drug-likeness (QED) is 0.637. The second-order valence-corrected chi connectivity index (χ2v) is 6.94. The Morgan fingerprint density at radius 3 is 2.48 bits per heavy atom. The second-order valence-electron chi connectivity index (χ2n) is 5.18. The Kier molecular flexibility index (Phi) is 6.16. The van der Waals surface area contributed by atoms with Gasteiger partial charge in [0.15, 0.2) is 0 Å². The van der Waals surface area contributed by atoms with Gasteiger partial charge in [-0.3, -0.25) is 4.90 Å². The average molecular weight is 336 g/mol. The molecule has 6 nitrogen and oxygen atoms in total. The lowest BCUT2D eigenvalue weighted by Gasteiger charge is -2.08. The third-order valence-electron chi connectivity index (χ3n) is 3.56. The fraction of sp³-hybridized carbons (Fsp3) is 0.438. The van der Waals surface area contributed by atoms with Gasteiger partial charge >= 0.3 is 5.97 Å². The van der Waals surface area contributed by atoms with E-state index < -0.39 is 16.0 Å². The van der Waals surface area contributed by atoms with Crippen molar-refractivity contribution < 1.29 is 17.9 Å². The van der Waals surface area contributed by atoms with E-state index in [0.29, 0.717) is 12.1 Å². The van der Waals surface area contributed by atoms with E-state index in [1.165, 1.54) is 44.2 Å². The van der Waals surface area contributed by atoms with Crippen molar-refractivity contribution in [3.8, 4) is 11.8 Å². The van der Waals surface area contributed by atoms with Crippen molar-refractivity contribution in [3.63, 3.8) is 0 Å². The summed E-state index contributed by atoms with van der Waals surface area (Å²) in [6, 6.07) is 5.57. The summed E-state index contributed by atoms with van der Waals surface area (Å²) in [5.41, 5.74) is 0.303. The molecule has 0 amide bonds. The van der Waals surface area contributed by atoms with Crippen molar-refractivity contribution in [2.24, 2.45) is 0 Å². The number of sulfonamides is 1. The number of hydrogen-bond acceptors (Lipinski definition) is 5. The Morgan fingerprint density at radius 1 is 1.22 bits per heavy atom. The largest absolute Gasteiger partial charge is 0.465 e. The molecule has 1 aliphatic rings. The van der Waals surface area contributed by atoms with Crippen molar-refractivity contribution in [2.45, 2.75) is 17.7 Å². The van der Waals surface area contributed by atoms with E-state index in [-0.39, 0.29) is 11.4 Å². The lowest BCUT2D eigenvalue weighted by molar-refractivity contribution is 0.0600. The molecule has 1 aliphatic heterocycles. The highest BCUT2D eigenvalue weighted by molar-refractivity contribution is 7.89. The van der Waals surface area contributed by atoms with Gasteiger partial charge in [0.2, 0.25) is 10.0 Å². The highest BCUT2D eigenvalue weighted by Crippen LogP contribution is 2.11. The van der Waals surface area contributed by atoms with E-state index >= 15 is 0 Å². The van der Waals surface area contributed by atoms with Crippen LogP contribution in [0.5, 0.6) is 0 Å². The maximum absolute atomic E-state index is 12.1. The molecule has 7 heteroatoms. The number of benzene rings is 1. The predicted molar refractivity (Wildman–Crippen MR) is 86.4 cm³/mol. The Hall–Kier alpha value is -1.88. The summed E-state index contributed by atoms with van der Waals surface area (Å²) in [6.07, 6.45) is 2.41. The first-order valence-electron chi connectivity index (χ1n) is 7.39. The number of nitrogens with one attached hydrogen (secondary N) is 1. The van der Waals surface area contributed by atoms with Crippen LogP contribution in [0.2, 0.25) is 0 Å². The maximum Gasteiger partial charge on any atom is 0.337 e. The Labute approximate surface area is 136 Å². The van der Waals surface area contributed by atoms with Gasteiger partial charge in [0.25, 0.3) is 0 Å². The first kappa shape index (κ1) is 17.5. The zero-order valence-electron chi connectivity index (χ0n) is 13.0. The lowest BCUT2D eigenvalue weighted by atomic mass is 10.2. The number of carbonyl (C=O) groups excluding carboxylic acids is 1. The van der Waals surface area contributed by atoms with Crippen molar-refractivity contribution in [2.75, 3.05) is 33.3 Å². The molecular formula is C16H20N2O4S. The molecular weight excluding hydrogens is 316 g/mol. The molecule has 0 bridgehead atoms. The molecule has 1 aromatic carbocycles. The number of rotatable bonds is 5. The summed E-state index contributed by atoms with van der Waals surface area (Å²) in [4.78, 5) is 13.7. The van der Waals surface area contributed by atoms with Gasteiger partial charge in [-0.25, -0.2) is 13.2 Å². The molecule has 1 N–H and O–H groups in total. The highest BCUT2D eigenvalue weighted by Gasteiger charge is 2.14. The summed E-state index contributed by atoms with van der Waals surface area (Å²) in [6.45, 7) is 2.87. The molecule has 0 atom stereocenters. The molecule has 1 saturated heterocycles. The number of carbonyl (C=O) groups is 1. The van der Waals surface area contributed by atoms with Gasteiger partial charge in [-0.05, 0) is 50.2 Å². The van der Waals surface area contributed by atoms with Crippen molar-refractivity contribution in [1.29, 1.82) is 0 Å². The van der Waals surface area contributed by atoms with Crippen molar-refractivity contribution in [1.82, 2.24) is 9.62 Å². The molecule has 0 aromatic heterocycles. The number of nitrogens with zero attached hydrogens (tertiary/aromatic N) is 1. The Balaban J connectivity index is 1.88. The van der Waals surface area contributed by atoms with Gasteiger partial charge in [0.05, 0.1) is 30.7 Å². The average Bonchev–Trinajstić information content (AvgIpc) is 3.07. The predicted octanol–water partition coefficient (Wildman–Crippen LogP) is 0.851. The number of ether oxygens (including phenoxy) is 1. The molecule has 23 heavy (non-hydrogen) atoms. The van der Waals surface area contributed by atoms with Crippen LogP contribution in [0.3, 0.4) is 0 Å². The van der Waals surface area contributed by atoms with Crippen LogP contribution in [0.1, 0.15) is 23.2 Å². The fourth-order valence-corrected chi connectivity index (χ4v) is 3.20. The fourth-order valence-electron chi connectivity index (χ4n) is 2.27. The highest BCUT2D eigenvalue weighted by atomic mass is 32.2. The van der Waals surface area contributed by atoms with Crippen LogP contribution in [-0.4, -0.2) is 52.6 Å². The van der Waals surface area contributed by atoms with E-state index in [1.54, 1.807) is 0 Å². The Bertz CT molecular complexity index is 696. The lowest BCUT2D eigenvalue weighted by Crippen LogP contribution is -2.24. The molecule has 1 fully saturated rings. The summed E-state index contributed by atoms with van der Waals surface area (Å²) in [7, 11) is -2.35. The smallest absolute Gasteiger partial charge is 0.337 e. The van der Waals surface area contributed by atoms with E-state index in [0.717, 1.165) is 13.1 Å². The van der Waals surface area contributed by atoms with Crippen LogP contribution in [0.15, 0.2) is 29.2 Å². The van der Waals surface area contributed by atoms with Crippen LogP contribution in [0.4, 0.5) is 0 Å². The standard InChI is InChI=1S/C16H20N2O4S/c1-22-16(19)14-6-8-15(9-7-14)23(20,21)17-10-2-3-11-18-12-4-5-13-18/h6-9,17H,4-5,10-13H2,1H3. The third-order valence-corrected chi connectivity index (χ3v) is 4.98. The van der Waals surface area contributed by atoms with Gasteiger partial charge in [0.1, 0.15) is 0 Å². The van der Waals surface area contributed by atoms with Gasteiger partial charge in [-0.1, -0.05) is 11.8 Å². The molecule has 0 radical (unpaired) electrons. The zero-order valence-corrected chi connectivity index (χ0v) is 13.9. The minimum atomic E-state index is -3.63. The third kappa shape index (κ3) is 5.06. The van der Waals surface area contributed by atoms with E-state index in [4.69, 9.17) is 0 Å². The van der Waals surface area contributed by atoms with E-state index in [2.05, 4.69) is 26.2 Å². The molecule has 0 unspecified atom stereocenters. The van der Waals surface area contributed by atoms with Gasteiger partial charge in [-0.15, -0.1) is 0 Å². The van der Waals surface area contributed by atoms with Crippen LogP contribution >= 0.6 is 0 Å². The van der Waals surface area contributed by atoms with Crippen LogP contribution < -0.4 is 4.72 Å². The molecule has 0 saturated carbocycles. The first-order chi connectivity index (χ1) is 11.0. The molecule has 124 valence electrons. The number of methoxy groups -OCH3 is 1. The second kappa shape index (κ2) is 8.11. The summed E-state index contributed by atoms with van der Waals surface area (Å²) in [5.74, 6) is 5.29. The minimum Gasteiger partial charge on any atom is -0.465 e. The zero-order chi connectivity index (χ0) is 16.7. The van der Waals surface area contributed by atoms with Crippen LogP contribution in [0, 0.1) is 11.8 Å². The first-order valence-corrected chi connectivity index (χ1v) is 8.87. The van der Waals surface area contributed by atoms with Crippen LogP contribution in [0.25, 0.3) is 0 Å². The summed E-state index contributed by atoms with van der Waals surface area (Å²) >= 11 is 0. The van der Waals surface area contributed by atoms with Crippen LogP contribution in [-0.2, 0) is 14.8 Å². The van der Waals surface area contributed by atoms with Gasteiger partial charge < -0.3 is 4.74 Å². The summed E-state index contributed by atoms with van der Waals surface area (Å²) < 4.78 is 31.2. The minimum absolute atomic E-state index is 0.0644. The number of hydrogen-bond donors (Lipinski definition) is 1. The Morgan fingerprint density at radius 2 is 1.87 bits per heavy atom. The van der Waals surface area contributed by atoms with Crippen molar-refractivity contribution in [3.05, 3.63) is 29.8 Å². The van der Waals surface area contributed by atoms with E-state index in [1.807, 2.05) is 0 Å². The topological polar surface area (TPSA) is 75.7 Å². The van der Waals surface area contributed by atoms with Gasteiger partial charge in [-0.2, -0.15) is 4.72 Å². The molecule has 1 aromatic rings. The number of esters is 1. The monoisotopic (exact) mass is 336 g/mol. The normalized spacial score (nSPS) is 15.0. The maximum atomic E-state index is 12.1. The molecule has 1 heterocycles. The SMILES string of the molecule is COC(=O)c1ccc(S(=O)(=O)NCC#CCN2CCCC2)cc1. The molecule has 2 rings (SSSR count). The molecule has 0 spiro atoms.